The van der Waals surface area contributed by atoms with E-state index in [1.807, 2.05) is 6.92 Å². The number of allylic oxidation sites excluding steroid dienone is 2. The first-order chi connectivity index (χ1) is 19.4. The van der Waals surface area contributed by atoms with E-state index in [0.717, 1.165) is 57.1 Å². The number of carboxylic acid groups (broad SMARTS) is 1. The van der Waals surface area contributed by atoms with E-state index >= 15 is 0 Å². The molecule has 4 rings (SSSR count). The van der Waals surface area contributed by atoms with Crippen molar-refractivity contribution in [3.05, 3.63) is 11.6 Å². The number of aliphatic carboxylic acids is 1. The highest BCUT2D eigenvalue weighted by Crippen LogP contribution is 2.67. The van der Waals surface area contributed by atoms with Gasteiger partial charge in [0.1, 0.15) is 17.7 Å². The van der Waals surface area contributed by atoms with Crippen LogP contribution in [0.3, 0.4) is 0 Å². The van der Waals surface area contributed by atoms with Crippen molar-refractivity contribution in [2.24, 2.45) is 33.7 Å². The van der Waals surface area contributed by atoms with E-state index in [2.05, 4.69) is 41.6 Å². The van der Waals surface area contributed by atoms with E-state index in [4.69, 9.17) is 11.3 Å². The first-order valence-electron chi connectivity index (χ1n) is 15.3. The minimum atomic E-state index is -1.09. The minimum absolute atomic E-state index is 0.0885. The number of carboxylic acids is 1. The van der Waals surface area contributed by atoms with Crippen molar-refractivity contribution in [2.45, 2.75) is 116 Å². The second-order valence-electron chi connectivity index (χ2n) is 13.2. The van der Waals surface area contributed by atoms with Gasteiger partial charge < -0.3 is 25.7 Å². The predicted molar refractivity (Wildman–Crippen MR) is 156 cm³/mol. The van der Waals surface area contributed by atoms with Crippen LogP contribution in [0.4, 0.5) is 0 Å². The Morgan fingerprint density at radius 1 is 1.15 bits per heavy atom. The van der Waals surface area contributed by atoms with Crippen LogP contribution in [0.25, 0.3) is 0 Å². The predicted octanol–water partition coefficient (Wildman–Crippen LogP) is 3.95. The van der Waals surface area contributed by atoms with Crippen LogP contribution in [-0.4, -0.2) is 58.0 Å². The Bertz CT molecular complexity index is 1140. The number of aliphatic hydroxyl groups is 1. The van der Waals surface area contributed by atoms with Crippen LogP contribution in [0.5, 0.6) is 0 Å². The molecule has 0 bridgehead atoms. The van der Waals surface area contributed by atoms with Crippen LogP contribution in [-0.2, 0) is 19.2 Å². The van der Waals surface area contributed by atoms with Crippen molar-refractivity contribution < 1.29 is 29.4 Å². The van der Waals surface area contributed by atoms with Gasteiger partial charge in [0.15, 0.2) is 6.61 Å². The molecule has 0 spiro atoms. The highest BCUT2D eigenvalue weighted by atomic mass is 16.6. The van der Waals surface area contributed by atoms with Crippen LogP contribution in [0.1, 0.15) is 98.3 Å². The number of carbonyl (C=O) groups excluding carboxylic acids is 2. The van der Waals surface area contributed by atoms with Gasteiger partial charge in [-0.3, -0.25) is 9.59 Å². The molecule has 4 aliphatic rings. The fraction of sp³-hybridized carbons (Fsp3) is 0.750. The summed E-state index contributed by atoms with van der Waals surface area (Å²) in [4.78, 5) is 41.5. The molecule has 9 nitrogen and oxygen atoms in total. The number of hydrogen-bond acceptors (Lipinski definition) is 6. The zero-order valence-electron chi connectivity index (χ0n) is 25.0. The van der Waals surface area contributed by atoms with Gasteiger partial charge in [0.25, 0.3) is 5.91 Å². The van der Waals surface area contributed by atoms with Crippen LogP contribution < -0.4 is 10.6 Å². The summed E-state index contributed by atoms with van der Waals surface area (Å²) in [7, 11) is 0. The molecule has 0 aromatic heterocycles. The van der Waals surface area contributed by atoms with Gasteiger partial charge in [-0.2, -0.15) is 0 Å². The molecule has 8 atom stereocenters. The SMILES string of the molecule is C#C[C@@]1(O)CC[C@H]2[C@@H]3CCC4=C/C(=N\OCC(=O)N[C@@H](C)C(=O)N[C@@H](CCCC)C(=O)O)CC[C@]4(C)[C@H]3CC[C@@]21C. The summed E-state index contributed by atoms with van der Waals surface area (Å²) in [5.74, 6) is 2.19. The number of oxime groups is 1. The van der Waals surface area contributed by atoms with Gasteiger partial charge in [-0.05, 0) is 94.0 Å². The van der Waals surface area contributed by atoms with Gasteiger partial charge in [0.2, 0.25) is 5.91 Å². The molecule has 9 heteroatoms. The first-order valence-corrected chi connectivity index (χ1v) is 15.3. The maximum Gasteiger partial charge on any atom is 0.326 e. The number of nitrogens with zero attached hydrogens (tertiary/aromatic N) is 1. The molecule has 4 aliphatic carbocycles. The summed E-state index contributed by atoms with van der Waals surface area (Å²) >= 11 is 0. The number of amides is 2. The number of unbranched alkanes of at least 4 members (excludes halogenated alkanes) is 1. The highest BCUT2D eigenvalue weighted by Gasteiger charge is 2.63. The maximum absolute atomic E-state index is 12.4. The van der Waals surface area contributed by atoms with Gasteiger partial charge in [0, 0.05) is 5.41 Å². The van der Waals surface area contributed by atoms with Crippen molar-refractivity contribution in [1.29, 1.82) is 0 Å². The number of rotatable bonds is 10. The summed E-state index contributed by atoms with van der Waals surface area (Å²) in [5.41, 5.74) is 1.10. The quantitative estimate of drug-likeness (QED) is 0.232. The zero-order chi connectivity index (χ0) is 30.0. The Morgan fingerprint density at radius 3 is 2.56 bits per heavy atom. The van der Waals surface area contributed by atoms with Gasteiger partial charge >= 0.3 is 5.97 Å². The van der Waals surface area contributed by atoms with E-state index in [1.54, 1.807) is 0 Å². The number of terminal acetylenes is 1. The summed E-state index contributed by atoms with van der Waals surface area (Å²) in [6.07, 6.45) is 17.3. The lowest BCUT2D eigenvalue weighted by molar-refractivity contribution is -0.142. The van der Waals surface area contributed by atoms with Gasteiger partial charge in [-0.1, -0.05) is 50.3 Å². The van der Waals surface area contributed by atoms with Crippen LogP contribution in [0.2, 0.25) is 0 Å². The molecule has 0 unspecified atom stereocenters. The fourth-order valence-electron chi connectivity index (χ4n) is 8.38. The topological polar surface area (TPSA) is 137 Å². The second-order valence-corrected chi connectivity index (χ2v) is 13.2. The molecule has 41 heavy (non-hydrogen) atoms. The summed E-state index contributed by atoms with van der Waals surface area (Å²) in [5, 5.41) is 29.8. The van der Waals surface area contributed by atoms with Gasteiger partial charge in [0.05, 0.1) is 5.71 Å². The average Bonchev–Trinajstić information content (AvgIpc) is 3.21. The molecule has 0 aliphatic heterocycles. The first kappa shape index (κ1) is 31.1. The molecule has 3 fully saturated rings. The summed E-state index contributed by atoms with van der Waals surface area (Å²) < 4.78 is 0. The third kappa shape index (κ3) is 5.90. The number of nitrogens with one attached hydrogen (secondary N) is 2. The van der Waals surface area contributed by atoms with Gasteiger partial charge in [-0.15, -0.1) is 6.42 Å². The highest BCUT2D eigenvalue weighted by molar-refractivity contribution is 5.96. The molecule has 3 saturated carbocycles. The Balaban J connectivity index is 1.31. The summed E-state index contributed by atoms with van der Waals surface area (Å²) in [6, 6.07) is -1.88. The number of carbonyl (C=O) groups is 3. The Labute approximate surface area is 243 Å². The Kier molecular flexibility index (Phi) is 9.22. The van der Waals surface area contributed by atoms with E-state index in [-0.39, 0.29) is 17.4 Å². The minimum Gasteiger partial charge on any atom is -0.480 e. The average molecular weight is 570 g/mol. The van der Waals surface area contributed by atoms with E-state index in [1.165, 1.54) is 12.5 Å². The van der Waals surface area contributed by atoms with E-state index < -0.39 is 35.5 Å². The standard InChI is InChI=1S/C32H47N3O6/c1-6-8-9-26(29(38)39)34-28(37)20(3)33-27(36)19-41-35-22-12-15-30(4)21(18-22)10-11-23-24(30)13-16-31(5)25(23)14-17-32(31,40)7-2/h2,18,20,23-26,40H,6,8-17,19H2,1,3-5H3,(H,33,36)(H,34,37)(H,38,39)/b35-22-/t20-,23+,24-,25-,26-,30-,31-,32+/m0/s1. The number of fused-ring (bicyclic) bond motifs is 5. The Morgan fingerprint density at radius 2 is 1.88 bits per heavy atom. The second kappa shape index (κ2) is 12.2. The molecular weight excluding hydrogens is 522 g/mol. The molecule has 0 aromatic rings. The fourth-order valence-corrected chi connectivity index (χ4v) is 8.38. The summed E-state index contributed by atoms with van der Waals surface area (Å²) in [6.45, 7) is 7.72. The lowest BCUT2D eigenvalue weighted by Gasteiger charge is -2.58. The molecule has 0 saturated heterocycles. The lowest BCUT2D eigenvalue weighted by Crippen LogP contribution is -2.54. The van der Waals surface area contributed by atoms with Crippen LogP contribution >= 0.6 is 0 Å². The maximum atomic E-state index is 12.4. The largest absolute Gasteiger partial charge is 0.480 e. The van der Waals surface area contributed by atoms with Crippen molar-refractivity contribution in [3.63, 3.8) is 0 Å². The van der Waals surface area contributed by atoms with E-state index in [0.29, 0.717) is 37.0 Å². The molecule has 2 amide bonds. The molecule has 0 radical (unpaired) electrons. The normalized spacial score (nSPS) is 36.4. The molecular formula is C32H47N3O6. The number of hydrogen-bond donors (Lipinski definition) is 4. The van der Waals surface area contributed by atoms with Crippen molar-refractivity contribution >= 4 is 23.5 Å². The van der Waals surface area contributed by atoms with Crippen LogP contribution in [0.15, 0.2) is 16.8 Å². The van der Waals surface area contributed by atoms with Crippen LogP contribution in [0, 0.1) is 40.9 Å². The van der Waals surface area contributed by atoms with Crippen molar-refractivity contribution in [3.8, 4) is 12.3 Å². The molecule has 0 aromatic carbocycles. The lowest BCUT2D eigenvalue weighted by atomic mass is 9.46. The Hall–Kier alpha value is -2.86. The van der Waals surface area contributed by atoms with Crippen molar-refractivity contribution in [1.82, 2.24) is 10.6 Å². The zero-order valence-corrected chi connectivity index (χ0v) is 25.0. The monoisotopic (exact) mass is 569 g/mol. The molecule has 0 heterocycles. The third-order valence-corrected chi connectivity index (χ3v) is 11.0. The third-order valence-electron chi connectivity index (χ3n) is 11.0. The van der Waals surface area contributed by atoms with E-state index in [9.17, 15) is 24.6 Å². The van der Waals surface area contributed by atoms with Crippen molar-refractivity contribution in [2.75, 3.05) is 6.61 Å². The molecule has 4 N–H and O–H groups in total. The molecule has 226 valence electrons. The smallest absolute Gasteiger partial charge is 0.326 e. The van der Waals surface area contributed by atoms with Gasteiger partial charge in [-0.25, -0.2) is 4.79 Å².